The summed E-state index contributed by atoms with van der Waals surface area (Å²) < 4.78 is 28.0. The van der Waals surface area contributed by atoms with Crippen LogP contribution in [-0.2, 0) is 6.42 Å². The summed E-state index contributed by atoms with van der Waals surface area (Å²) in [5, 5.41) is 3.41. The van der Waals surface area contributed by atoms with E-state index in [0.29, 0.717) is 11.6 Å². The van der Waals surface area contributed by atoms with E-state index < -0.39 is 11.6 Å². The second kappa shape index (κ2) is 5.36. The summed E-state index contributed by atoms with van der Waals surface area (Å²) in [6.07, 6.45) is 2.13. The van der Waals surface area contributed by atoms with Crippen LogP contribution in [0.2, 0.25) is 0 Å². The number of nitrogens with one attached hydrogen (secondary N) is 1. The maximum absolute atomic E-state index is 14.0. The smallest absolute Gasteiger partial charge is 0.133 e. The number of rotatable bonds is 1. The van der Waals surface area contributed by atoms with E-state index in [1.54, 1.807) is 0 Å². The normalized spacial score (nSPS) is 20.5. The lowest BCUT2D eigenvalue weighted by Gasteiger charge is -2.25. The molecular formula is C18H18F2N2. The molecule has 2 heterocycles. The van der Waals surface area contributed by atoms with Gasteiger partial charge in [-0.25, -0.2) is 8.78 Å². The SMILES string of the molecule is Fc1cccc(F)c1-c1ccc2c(c1)N1CCNCCC1C2. The van der Waals surface area contributed by atoms with Crippen LogP contribution in [0.25, 0.3) is 11.1 Å². The fourth-order valence-corrected chi connectivity index (χ4v) is 3.65. The first-order chi connectivity index (χ1) is 10.7. The van der Waals surface area contributed by atoms with Crippen molar-refractivity contribution < 1.29 is 8.78 Å². The Morgan fingerprint density at radius 3 is 2.68 bits per heavy atom. The highest BCUT2D eigenvalue weighted by molar-refractivity contribution is 5.73. The summed E-state index contributed by atoms with van der Waals surface area (Å²) in [4.78, 5) is 2.39. The van der Waals surface area contributed by atoms with E-state index in [2.05, 4.69) is 10.2 Å². The number of hydrogen-bond donors (Lipinski definition) is 1. The number of fused-ring (bicyclic) bond motifs is 3. The first-order valence-electron chi connectivity index (χ1n) is 7.79. The average Bonchev–Trinajstić information content (AvgIpc) is 2.68. The molecule has 2 aliphatic rings. The van der Waals surface area contributed by atoms with Gasteiger partial charge in [-0.3, -0.25) is 0 Å². The lowest BCUT2D eigenvalue weighted by atomic mass is 10.0. The third-order valence-corrected chi connectivity index (χ3v) is 4.73. The van der Waals surface area contributed by atoms with E-state index in [-0.39, 0.29) is 5.56 Å². The molecule has 1 unspecified atom stereocenters. The minimum absolute atomic E-state index is 0.0710. The van der Waals surface area contributed by atoms with Crippen molar-refractivity contribution in [2.45, 2.75) is 18.9 Å². The maximum Gasteiger partial charge on any atom is 0.133 e. The minimum atomic E-state index is -0.507. The lowest BCUT2D eigenvalue weighted by molar-refractivity contribution is 0.589. The third-order valence-electron chi connectivity index (χ3n) is 4.73. The minimum Gasteiger partial charge on any atom is -0.367 e. The van der Waals surface area contributed by atoms with Gasteiger partial charge in [-0.1, -0.05) is 18.2 Å². The van der Waals surface area contributed by atoms with Crippen molar-refractivity contribution in [2.75, 3.05) is 24.5 Å². The predicted molar refractivity (Wildman–Crippen MR) is 84.1 cm³/mol. The molecule has 0 spiro atoms. The van der Waals surface area contributed by atoms with Crippen LogP contribution >= 0.6 is 0 Å². The number of hydrogen-bond acceptors (Lipinski definition) is 2. The maximum atomic E-state index is 14.0. The molecule has 1 atom stereocenters. The van der Waals surface area contributed by atoms with Crippen molar-refractivity contribution in [3.05, 3.63) is 53.6 Å². The number of benzene rings is 2. The molecule has 4 heteroatoms. The zero-order valence-electron chi connectivity index (χ0n) is 12.3. The van der Waals surface area contributed by atoms with E-state index >= 15 is 0 Å². The van der Waals surface area contributed by atoms with E-state index in [1.807, 2.05) is 18.2 Å². The molecule has 0 aromatic heterocycles. The van der Waals surface area contributed by atoms with Gasteiger partial charge in [0.2, 0.25) is 0 Å². The molecule has 2 aliphatic heterocycles. The predicted octanol–water partition coefficient (Wildman–Crippen LogP) is 3.36. The van der Waals surface area contributed by atoms with Gasteiger partial charge in [-0.2, -0.15) is 0 Å². The van der Waals surface area contributed by atoms with Crippen molar-refractivity contribution in [1.29, 1.82) is 0 Å². The van der Waals surface area contributed by atoms with Gasteiger partial charge in [-0.15, -0.1) is 0 Å². The summed E-state index contributed by atoms with van der Waals surface area (Å²) in [6, 6.07) is 10.3. The monoisotopic (exact) mass is 300 g/mol. The van der Waals surface area contributed by atoms with E-state index in [0.717, 1.165) is 38.2 Å². The van der Waals surface area contributed by atoms with Gasteiger partial charge in [-0.05, 0) is 48.7 Å². The molecule has 2 aromatic rings. The zero-order chi connectivity index (χ0) is 15.1. The molecule has 1 fully saturated rings. The van der Waals surface area contributed by atoms with Crippen molar-refractivity contribution in [2.24, 2.45) is 0 Å². The fraction of sp³-hybridized carbons (Fsp3) is 0.333. The highest BCUT2D eigenvalue weighted by Gasteiger charge is 2.30. The molecule has 0 amide bonds. The van der Waals surface area contributed by atoms with Crippen LogP contribution in [0, 0.1) is 11.6 Å². The second-order valence-corrected chi connectivity index (χ2v) is 6.03. The highest BCUT2D eigenvalue weighted by atomic mass is 19.1. The van der Waals surface area contributed by atoms with Crippen molar-refractivity contribution >= 4 is 5.69 Å². The Bertz CT molecular complexity index is 694. The Labute approximate surface area is 128 Å². The van der Waals surface area contributed by atoms with Gasteiger partial charge >= 0.3 is 0 Å². The van der Waals surface area contributed by atoms with Crippen molar-refractivity contribution in [3.63, 3.8) is 0 Å². The molecule has 1 N–H and O–H groups in total. The molecule has 22 heavy (non-hydrogen) atoms. The summed E-state index contributed by atoms with van der Waals surface area (Å²) >= 11 is 0. The summed E-state index contributed by atoms with van der Waals surface area (Å²) in [7, 11) is 0. The van der Waals surface area contributed by atoms with Gasteiger partial charge in [0, 0.05) is 24.8 Å². The molecule has 1 saturated heterocycles. The zero-order valence-corrected chi connectivity index (χ0v) is 12.3. The van der Waals surface area contributed by atoms with Crippen LogP contribution < -0.4 is 10.2 Å². The van der Waals surface area contributed by atoms with Crippen LogP contribution in [0.5, 0.6) is 0 Å². The topological polar surface area (TPSA) is 15.3 Å². The Balaban J connectivity index is 1.78. The molecule has 114 valence electrons. The molecule has 0 aliphatic carbocycles. The van der Waals surface area contributed by atoms with Crippen LogP contribution in [0.4, 0.5) is 14.5 Å². The number of halogens is 2. The number of nitrogens with zero attached hydrogens (tertiary/aromatic N) is 1. The molecular weight excluding hydrogens is 282 g/mol. The molecule has 0 saturated carbocycles. The van der Waals surface area contributed by atoms with E-state index in [1.165, 1.54) is 23.8 Å². The van der Waals surface area contributed by atoms with Gasteiger partial charge in [0.25, 0.3) is 0 Å². The van der Waals surface area contributed by atoms with Crippen molar-refractivity contribution in [3.8, 4) is 11.1 Å². The molecule has 2 aromatic carbocycles. The van der Waals surface area contributed by atoms with E-state index in [4.69, 9.17) is 0 Å². The van der Waals surface area contributed by atoms with Gasteiger partial charge < -0.3 is 10.2 Å². The van der Waals surface area contributed by atoms with Crippen LogP contribution in [-0.4, -0.2) is 25.7 Å². The first kappa shape index (κ1) is 13.7. The Hall–Kier alpha value is -1.94. The fourth-order valence-electron chi connectivity index (χ4n) is 3.65. The quantitative estimate of drug-likeness (QED) is 0.869. The van der Waals surface area contributed by atoms with E-state index in [9.17, 15) is 8.78 Å². The van der Waals surface area contributed by atoms with Gasteiger partial charge in [0.15, 0.2) is 0 Å². The summed E-state index contributed by atoms with van der Waals surface area (Å²) in [5.74, 6) is -1.01. The number of anilines is 1. The Morgan fingerprint density at radius 2 is 1.86 bits per heavy atom. The van der Waals surface area contributed by atoms with Gasteiger partial charge in [0.05, 0.1) is 5.56 Å². The van der Waals surface area contributed by atoms with Gasteiger partial charge in [0.1, 0.15) is 11.6 Å². The standard InChI is InChI=1S/C18H18F2N2/c19-15-2-1-3-16(20)18(15)13-5-4-12-10-14-6-7-21-8-9-22(14)17(12)11-13/h1-5,11,14,21H,6-10H2. The molecule has 0 radical (unpaired) electrons. The summed E-state index contributed by atoms with van der Waals surface area (Å²) in [6.45, 7) is 2.93. The Kier molecular flexibility index (Phi) is 3.34. The third kappa shape index (κ3) is 2.18. The average molecular weight is 300 g/mol. The second-order valence-electron chi connectivity index (χ2n) is 6.03. The Morgan fingerprint density at radius 1 is 1.05 bits per heavy atom. The molecule has 4 rings (SSSR count). The first-order valence-corrected chi connectivity index (χ1v) is 7.79. The molecule has 0 bridgehead atoms. The highest BCUT2D eigenvalue weighted by Crippen LogP contribution is 2.38. The largest absolute Gasteiger partial charge is 0.367 e. The summed E-state index contributed by atoms with van der Waals surface area (Å²) in [5.41, 5.74) is 3.11. The lowest BCUT2D eigenvalue weighted by Crippen LogP contribution is -2.32. The van der Waals surface area contributed by atoms with Crippen LogP contribution in [0.15, 0.2) is 36.4 Å². The van der Waals surface area contributed by atoms with Crippen LogP contribution in [0.1, 0.15) is 12.0 Å². The molecule has 2 nitrogen and oxygen atoms in total. The van der Waals surface area contributed by atoms with Crippen LogP contribution in [0.3, 0.4) is 0 Å². The van der Waals surface area contributed by atoms with Crippen molar-refractivity contribution in [1.82, 2.24) is 5.32 Å².